The predicted molar refractivity (Wildman–Crippen MR) is 67.5 cm³/mol. The van der Waals surface area contributed by atoms with Crippen molar-refractivity contribution in [2.24, 2.45) is 0 Å². The van der Waals surface area contributed by atoms with E-state index in [2.05, 4.69) is 19.2 Å². The van der Waals surface area contributed by atoms with Crippen LogP contribution in [-0.2, 0) is 4.74 Å². The smallest absolute Gasteiger partial charge is 0.0646 e. The molecule has 0 radical (unpaired) electrons. The molecule has 1 atom stereocenters. The van der Waals surface area contributed by atoms with E-state index in [-0.39, 0.29) is 5.60 Å². The standard InChI is InChI=1S/C13H20N2O/c1-13(2)9-10(7-8-16-13)15-12-6-4-3-5-11(12)14/h3-6,10,15H,7-9,14H2,1-2H3. The van der Waals surface area contributed by atoms with E-state index >= 15 is 0 Å². The van der Waals surface area contributed by atoms with Gasteiger partial charge in [0.05, 0.1) is 17.0 Å². The fourth-order valence-electron chi connectivity index (χ4n) is 2.20. The molecule has 0 saturated carbocycles. The topological polar surface area (TPSA) is 47.3 Å². The lowest BCUT2D eigenvalue weighted by Gasteiger charge is -2.36. The van der Waals surface area contributed by atoms with Gasteiger partial charge in [0, 0.05) is 12.6 Å². The molecule has 0 aliphatic carbocycles. The van der Waals surface area contributed by atoms with Crippen LogP contribution in [0.5, 0.6) is 0 Å². The highest BCUT2D eigenvalue weighted by Crippen LogP contribution is 2.27. The first kappa shape index (κ1) is 11.3. The minimum atomic E-state index is -0.0283. The fraction of sp³-hybridized carbons (Fsp3) is 0.538. The Morgan fingerprint density at radius 2 is 2.12 bits per heavy atom. The zero-order valence-corrected chi connectivity index (χ0v) is 9.99. The van der Waals surface area contributed by atoms with E-state index in [4.69, 9.17) is 10.5 Å². The zero-order valence-electron chi connectivity index (χ0n) is 9.99. The van der Waals surface area contributed by atoms with Crippen molar-refractivity contribution in [3.8, 4) is 0 Å². The average Bonchev–Trinajstić information content (AvgIpc) is 2.20. The number of hydrogen-bond donors (Lipinski definition) is 2. The first-order chi connectivity index (χ1) is 7.57. The molecule has 16 heavy (non-hydrogen) atoms. The molecule has 1 aromatic rings. The van der Waals surface area contributed by atoms with Gasteiger partial charge in [0.1, 0.15) is 0 Å². The number of nitrogen functional groups attached to an aromatic ring is 1. The summed E-state index contributed by atoms with van der Waals surface area (Å²) in [4.78, 5) is 0. The minimum absolute atomic E-state index is 0.0283. The van der Waals surface area contributed by atoms with Gasteiger partial charge in [-0.05, 0) is 38.8 Å². The third-order valence-corrected chi connectivity index (χ3v) is 3.02. The summed E-state index contributed by atoms with van der Waals surface area (Å²) in [5.41, 5.74) is 7.73. The normalized spacial score (nSPS) is 24.0. The molecule has 3 heteroatoms. The quantitative estimate of drug-likeness (QED) is 0.753. The van der Waals surface area contributed by atoms with Crippen molar-refractivity contribution < 1.29 is 4.74 Å². The fourth-order valence-corrected chi connectivity index (χ4v) is 2.20. The van der Waals surface area contributed by atoms with Crippen LogP contribution in [0.4, 0.5) is 11.4 Å². The van der Waals surface area contributed by atoms with Crippen molar-refractivity contribution in [1.82, 2.24) is 0 Å². The van der Waals surface area contributed by atoms with Gasteiger partial charge in [0.15, 0.2) is 0 Å². The van der Waals surface area contributed by atoms with E-state index in [0.29, 0.717) is 6.04 Å². The third-order valence-electron chi connectivity index (χ3n) is 3.02. The van der Waals surface area contributed by atoms with Gasteiger partial charge in [-0.15, -0.1) is 0 Å². The molecule has 3 N–H and O–H groups in total. The molecule has 1 unspecified atom stereocenters. The van der Waals surface area contributed by atoms with E-state index in [1.165, 1.54) is 0 Å². The Bertz CT molecular complexity index is 363. The van der Waals surface area contributed by atoms with Gasteiger partial charge in [-0.25, -0.2) is 0 Å². The van der Waals surface area contributed by atoms with Gasteiger partial charge in [-0.2, -0.15) is 0 Å². The van der Waals surface area contributed by atoms with Crippen LogP contribution >= 0.6 is 0 Å². The Morgan fingerprint density at radius 1 is 1.38 bits per heavy atom. The Kier molecular flexibility index (Phi) is 3.06. The van der Waals surface area contributed by atoms with Crippen LogP contribution in [-0.4, -0.2) is 18.2 Å². The number of ether oxygens (including phenoxy) is 1. The lowest BCUT2D eigenvalue weighted by Crippen LogP contribution is -2.40. The van der Waals surface area contributed by atoms with E-state index in [1.807, 2.05) is 24.3 Å². The summed E-state index contributed by atoms with van der Waals surface area (Å²) in [5.74, 6) is 0. The van der Waals surface area contributed by atoms with E-state index in [1.54, 1.807) is 0 Å². The number of benzene rings is 1. The Hall–Kier alpha value is -1.22. The van der Waals surface area contributed by atoms with Crippen LogP contribution in [0.3, 0.4) is 0 Å². The second-order valence-electron chi connectivity index (χ2n) is 5.03. The summed E-state index contributed by atoms with van der Waals surface area (Å²) < 4.78 is 5.69. The van der Waals surface area contributed by atoms with Crippen LogP contribution in [0, 0.1) is 0 Å². The molecule has 0 amide bonds. The highest BCUT2D eigenvalue weighted by Gasteiger charge is 2.28. The van der Waals surface area contributed by atoms with Gasteiger partial charge in [0.2, 0.25) is 0 Å². The Balaban J connectivity index is 2.02. The van der Waals surface area contributed by atoms with Gasteiger partial charge >= 0.3 is 0 Å². The van der Waals surface area contributed by atoms with Crippen molar-refractivity contribution in [2.45, 2.75) is 38.3 Å². The van der Waals surface area contributed by atoms with E-state index < -0.39 is 0 Å². The van der Waals surface area contributed by atoms with Crippen molar-refractivity contribution in [3.05, 3.63) is 24.3 Å². The highest BCUT2D eigenvalue weighted by atomic mass is 16.5. The lowest BCUT2D eigenvalue weighted by molar-refractivity contribution is -0.0553. The first-order valence-corrected chi connectivity index (χ1v) is 5.82. The molecule has 88 valence electrons. The van der Waals surface area contributed by atoms with Crippen LogP contribution in [0.15, 0.2) is 24.3 Å². The monoisotopic (exact) mass is 220 g/mol. The maximum Gasteiger partial charge on any atom is 0.0646 e. The summed E-state index contributed by atoms with van der Waals surface area (Å²) in [7, 11) is 0. The summed E-state index contributed by atoms with van der Waals surface area (Å²) in [5, 5.41) is 3.50. The van der Waals surface area contributed by atoms with Gasteiger partial charge < -0.3 is 15.8 Å². The number of nitrogens with one attached hydrogen (secondary N) is 1. The van der Waals surface area contributed by atoms with Crippen molar-refractivity contribution in [3.63, 3.8) is 0 Å². The van der Waals surface area contributed by atoms with Gasteiger partial charge in [-0.3, -0.25) is 0 Å². The van der Waals surface area contributed by atoms with Crippen LogP contribution in [0.1, 0.15) is 26.7 Å². The molecule has 0 spiro atoms. The average molecular weight is 220 g/mol. The minimum Gasteiger partial charge on any atom is -0.397 e. The van der Waals surface area contributed by atoms with Crippen LogP contribution in [0.2, 0.25) is 0 Å². The third kappa shape index (κ3) is 2.67. The van der Waals surface area contributed by atoms with Crippen LogP contribution in [0.25, 0.3) is 0 Å². The second kappa shape index (κ2) is 4.34. The van der Waals surface area contributed by atoms with Crippen molar-refractivity contribution >= 4 is 11.4 Å². The number of rotatable bonds is 2. The molecule has 1 aliphatic heterocycles. The summed E-state index contributed by atoms with van der Waals surface area (Å²) >= 11 is 0. The molecule has 3 nitrogen and oxygen atoms in total. The Labute approximate surface area is 97.0 Å². The first-order valence-electron chi connectivity index (χ1n) is 5.82. The van der Waals surface area contributed by atoms with E-state index in [0.717, 1.165) is 30.8 Å². The van der Waals surface area contributed by atoms with Gasteiger partial charge in [0.25, 0.3) is 0 Å². The maximum atomic E-state index is 5.91. The molecule has 1 saturated heterocycles. The molecule has 1 aliphatic rings. The zero-order chi connectivity index (χ0) is 11.6. The summed E-state index contributed by atoms with van der Waals surface area (Å²) in [6.45, 7) is 5.09. The molecule has 0 bridgehead atoms. The lowest BCUT2D eigenvalue weighted by atomic mass is 9.94. The van der Waals surface area contributed by atoms with Gasteiger partial charge in [-0.1, -0.05) is 12.1 Å². The maximum absolute atomic E-state index is 5.91. The summed E-state index contributed by atoms with van der Waals surface area (Å²) in [6, 6.07) is 8.36. The Morgan fingerprint density at radius 3 is 2.81 bits per heavy atom. The predicted octanol–water partition coefficient (Wildman–Crippen LogP) is 2.64. The van der Waals surface area contributed by atoms with Crippen LogP contribution < -0.4 is 11.1 Å². The summed E-state index contributed by atoms with van der Waals surface area (Å²) in [6.07, 6.45) is 2.05. The molecule has 2 rings (SSSR count). The molecule has 1 fully saturated rings. The molecule has 0 aromatic heterocycles. The second-order valence-corrected chi connectivity index (χ2v) is 5.03. The number of nitrogens with two attached hydrogens (primary N) is 1. The van der Waals surface area contributed by atoms with Crippen molar-refractivity contribution in [1.29, 1.82) is 0 Å². The molecular weight excluding hydrogens is 200 g/mol. The number of hydrogen-bond acceptors (Lipinski definition) is 3. The number of anilines is 2. The molecule has 1 aromatic carbocycles. The van der Waals surface area contributed by atoms with Crippen molar-refractivity contribution in [2.75, 3.05) is 17.7 Å². The largest absolute Gasteiger partial charge is 0.397 e. The highest BCUT2D eigenvalue weighted by molar-refractivity contribution is 5.65. The molecular formula is C13H20N2O. The number of para-hydroxylation sites is 2. The molecule has 1 heterocycles. The SMILES string of the molecule is CC1(C)CC(Nc2ccccc2N)CCO1. The van der Waals surface area contributed by atoms with E-state index in [9.17, 15) is 0 Å².